The van der Waals surface area contributed by atoms with Gasteiger partial charge in [-0.15, -0.1) is 23.1 Å². The molecule has 0 saturated carbocycles. The van der Waals surface area contributed by atoms with Gasteiger partial charge in [0.2, 0.25) is 0 Å². The van der Waals surface area contributed by atoms with Crippen LogP contribution in [0.5, 0.6) is 0 Å². The first kappa shape index (κ1) is 13.4. The molecule has 1 aromatic heterocycles. The van der Waals surface area contributed by atoms with Gasteiger partial charge in [0.25, 0.3) is 0 Å². The Morgan fingerprint density at radius 1 is 1.44 bits per heavy atom. The molecule has 2 aromatic rings. The maximum Gasteiger partial charge on any atom is 0.138 e. The summed E-state index contributed by atoms with van der Waals surface area (Å²) in [6.07, 6.45) is 2.12. The zero-order valence-electron chi connectivity index (χ0n) is 10.1. The van der Waals surface area contributed by atoms with Crippen molar-refractivity contribution >= 4 is 28.8 Å². The summed E-state index contributed by atoms with van der Waals surface area (Å²) in [6.45, 7) is 2.14. The van der Waals surface area contributed by atoms with Crippen LogP contribution < -0.4 is 5.73 Å². The number of aromatic nitrogens is 1. The molecule has 1 aromatic carbocycles. The van der Waals surface area contributed by atoms with E-state index in [4.69, 9.17) is 5.73 Å². The summed E-state index contributed by atoms with van der Waals surface area (Å²) in [5.41, 5.74) is 6.98. The Morgan fingerprint density at radius 3 is 3.00 bits per heavy atom. The molecule has 0 unspecified atom stereocenters. The Labute approximate surface area is 114 Å². The highest BCUT2D eigenvalue weighted by molar-refractivity contribution is 7.98. The summed E-state index contributed by atoms with van der Waals surface area (Å²) in [4.78, 5) is 5.13. The second kappa shape index (κ2) is 6.20. The average Bonchev–Trinajstić information content (AvgIpc) is 2.76. The third-order valence-electron chi connectivity index (χ3n) is 2.39. The standard InChI is InChI=1S/C13H15FN2S2/c1-2-3-13-16-10(8-18-13)7-17-12-5-4-9(15)6-11(12)14/h4-6,8H,2-3,7,15H2,1H3. The molecular formula is C13H15FN2S2. The lowest BCUT2D eigenvalue weighted by Gasteiger charge is -2.02. The molecule has 2 rings (SSSR count). The highest BCUT2D eigenvalue weighted by Crippen LogP contribution is 2.27. The van der Waals surface area contributed by atoms with E-state index in [1.54, 1.807) is 23.5 Å². The Bertz CT molecular complexity index is 525. The number of halogens is 1. The van der Waals surface area contributed by atoms with Crippen LogP contribution in [0.3, 0.4) is 0 Å². The van der Waals surface area contributed by atoms with Gasteiger partial charge in [-0.2, -0.15) is 0 Å². The van der Waals surface area contributed by atoms with Crippen molar-refractivity contribution in [1.29, 1.82) is 0 Å². The monoisotopic (exact) mass is 282 g/mol. The zero-order chi connectivity index (χ0) is 13.0. The number of benzene rings is 1. The van der Waals surface area contributed by atoms with Crippen molar-refractivity contribution in [2.75, 3.05) is 5.73 Å². The fraction of sp³-hybridized carbons (Fsp3) is 0.308. The van der Waals surface area contributed by atoms with E-state index in [9.17, 15) is 4.39 Å². The van der Waals surface area contributed by atoms with E-state index < -0.39 is 0 Å². The zero-order valence-corrected chi connectivity index (χ0v) is 11.8. The molecule has 0 aliphatic carbocycles. The first-order valence-corrected chi connectivity index (χ1v) is 7.66. The van der Waals surface area contributed by atoms with Gasteiger partial charge in [-0.3, -0.25) is 0 Å². The SMILES string of the molecule is CCCc1nc(CSc2ccc(N)cc2F)cs1. The number of hydrogen-bond acceptors (Lipinski definition) is 4. The third kappa shape index (κ3) is 3.46. The normalized spacial score (nSPS) is 10.8. The molecule has 0 aliphatic rings. The number of aryl methyl sites for hydroxylation is 1. The highest BCUT2D eigenvalue weighted by Gasteiger charge is 2.06. The molecule has 2 nitrogen and oxygen atoms in total. The molecule has 18 heavy (non-hydrogen) atoms. The minimum absolute atomic E-state index is 0.260. The number of nitrogens with two attached hydrogens (primary N) is 1. The maximum absolute atomic E-state index is 13.6. The summed E-state index contributed by atoms with van der Waals surface area (Å²) in [6, 6.07) is 4.79. The Balaban J connectivity index is 1.97. The molecule has 96 valence electrons. The van der Waals surface area contributed by atoms with Crippen LogP contribution in [-0.4, -0.2) is 4.98 Å². The van der Waals surface area contributed by atoms with Crippen molar-refractivity contribution in [3.63, 3.8) is 0 Å². The molecule has 5 heteroatoms. The Hall–Kier alpha value is -1.07. The fourth-order valence-electron chi connectivity index (χ4n) is 1.53. The average molecular weight is 282 g/mol. The molecule has 0 aliphatic heterocycles. The molecule has 0 radical (unpaired) electrons. The minimum atomic E-state index is -0.260. The van der Waals surface area contributed by atoms with Gasteiger partial charge in [0.15, 0.2) is 0 Å². The smallest absolute Gasteiger partial charge is 0.138 e. The summed E-state index contributed by atoms with van der Waals surface area (Å²) in [5, 5.41) is 3.21. The van der Waals surface area contributed by atoms with Crippen molar-refractivity contribution in [2.45, 2.75) is 30.4 Å². The van der Waals surface area contributed by atoms with E-state index >= 15 is 0 Å². The van der Waals surface area contributed by atoms with Gasteiger partial charge in [0, 0.05) is 21.7 Å². The second-order valence-electron chi connectivity index (χ2n) is 3.96. The van der Waals surface area contributed by atoms with Crippen LogP contribution in [0.4, 0.5) is 10.1 Å². The quantitative estimate of drug-likeness (QED) is 0.662. The number of hydrogen-bond donors (Lipinski definition) is 1. The van der Waals surface area contributed by atoms with Crippen molar-refractivity contribution in [3.8, 4) is 0 Å². The number of rotatable bonds is 5. The van der Waals surface area contributed by atoms with Crippen LogP contribution in [0.15, 0.2) is 28.5 Å². The van der Waals surface area contributed by atoms with Gasteiger partial charge in [-0.25, -0.2) is 9.37 Å². The van der Waals surface area contributed by atoms with E-state index in [-0.39, 0.29) is 5.82 Å². The van der Waals surface area contributed by atoms with E-state index in [0.29, 0.717) is 16.3 Å². The lowest BCUT2D eigenvalue weighted by atomic mass is 10.3. The topological polar surface area (TPSA) is 38.9 Å². The van der Waals surface area contributed by atoms with Crippen molar-refractivity contribution in [1.82, 2.24) is 4.98 Å². The molecule has 0 saturated heterocycles. The number of nitrogens with zero attached hydrogens (tertiary/aromatic N) is 1. The van der Waals surface area contributed by atoms with Crippen molar-refractivity contribution in [3.05, 3.63) is 40.1 Å². The van der Waals surface area contributed by atoms with Crippen LogP contribution in [0.2, 0.25) is 0 Å². The van der Waals surface area contributed by atoms with E-state index in [1.807, 2.05) is 5.38 Å². The van der Waals surface area contributed by atoms with Gasteiger partial charge < -0.3 is 5.73 Å². The van der Waals surface area contributed by atoms with E-state index in [1.165, 1.54) is 17.8 Å². The summed E-state index contributed by atoms with van der Waals surface area (Å²) in [5.74, 6) is 0.435. The Kier molecular flexibility index (Phi) is 4.60. The van der Waals surface area contributed by atoms with E-state index in [2.05, 4.69) is 11.9 Å². The van der Waals surface area contributed by atoms with Crippen LogP contribution >= 0.6 is 23.1 Å². The van der Waals surface area contributed by atoms with Gasteiger partial charge in [-0.1, -0.05) is 6.92 Å². The number of thiazole rings is 1. The van der Waals surface area contributed by atoms with Crippen molar-refractivity contribution in [2.24, 2.45) is 0 Å². The lowest BCUT2D eigenvalue weighted by Crippen LogP contribution is -1.89. The molecule has 0 fully saturated rings. The number of nitrogen functional groups attached to an aromatic ring is 1. The summed E-state index contributed by atoms with van der Waals surface area (Å²) >= 11 is 3.13. The third-order valence-corrected chi connectivity index (χ3v) is 4.43. The van der Waals surface area contributed by atoms with Crippen LogP contribution in [0, 0.1) is 5.82 Å². The van der Waals surface area contributed by atoms with Gasteiger partial charge in [-0.05, 0) is 31.0 Å². The fourth-order valence-corrected chi connectivity index (χ4v) is 3.35. The maximum atomic E-state index is 13.6. The van der Waals surface area contributed by atoms with E-state index in [0.717, 1.165) is 23.5 Å². The lowest BCUT2D eigenvalue weighted by molar-refractivity contribution is 0.602. The molecule has 0 bridgehead atoms. The molecule has 1 heterocycles. The summed E-state index contributed by atoms with van der Waals surface area (Å²) in [7, 11) is 0. The molecule has 0 atom stereocenters. The second-order valence-corrected chi connectivity index (χ2v) is 5.92. The molecule has 2 N–H and O–H groups in total. The van der Waals surface area contributed by atoms with Crippen LogP contribution in [0.25, 0.3) is 0 Å². The van der Waals surface area contributed by atoms with Gasteiger partial charge >= 0.3 is 0 Å². The first-order valence-electron chi connectivity index (χ1n) is 5.80. The number of thioether (sulfide) groups is 1. The minimum Gasteiger partial charge on any atom is -0.399 e. The Morgan fingerprint density at radius 2 is 2.28 bits per heavy atom. The van der Waals surface area contributed by atoms with Crippen LogP contribution in [-0.2, 0) is 12.2 Å². The van der Waals surface area contributed by atoms with Crippen molar-refractivity contribution < 1.29 is 4.39 Å². The van der Waals surface area contributed by atoms with Gasteiger partial charge in [0.05, 0.1) is 10.7 Å². The highest BCUT2D eigenvalue weighted by atomic mass is 32.2. The molecule has 0 amide bonds. The first-order chi connectivity index (χ1) is 8.69. The molecule has 0 spiro atoms. The number of anilines is 1. The van der Waals surface area contributed by atoms with Crippen LogP contribution in [0.1, 0.15) is 24.0 Å². The largest absolute Gasteiger partial charge is 0.399 e. The summed E-state index contributed by atoms with van der Waals surface area (Å²) < 4.78 is 13.6. The predicted molar refractivity (Wildman–Crippen MR) is 76.5 cm³/mol. The predicted octanol–water partition coefficient (Wildman–Crippen LogP) is 4.11. The van der Waals surface area contributed by atoms with Gasteiger partial charge in [0.1, 0.15) is 5.82 Å². The molecular weight excluding hydrogens is 267 g/mol.